The van der Waals surface area contributed by atoms with Gasteiger partial charge in [0.2, 0.25) is 0 Å². The van der Waals surface area contributed by atoms with E-state index >= 15 is 0 Å². The van der Waals surface area contributed by atoms with E-state index in [1.54, 1.807) is 6.92 Å². The van der Waals surface area contributed by atoms with Crippen LogP contribution >= 0.6 is 0 Å². The number of rotatable bonds is 5. The molecule has 0 bridgehead atoms. The normalized spacial score (nSPS) is 10.9. The molecule has 0 radical (unpaired) electrons. The molecule has 0 aliphatic rings. The van der Waals surface area contributed by atoms with Gasteiger partial charge in [-0.15, -0.1) is 0 Å². The van der Waals surface area contributed by atoms with Crippen LogP contribution in [-0.2, 0) is 7.87 Å². The molecule has 0 unspecified atom stereocenters. The van der Waals surface area contributed by atoms with Gasteiger partial charge < -0.3 is 0 Å². The van der Waals surface area contributed by atoms with Crippen molar-refractivity contribution in [1.29, 1.82) is 0 Å². The first kappa shape index (κ1) is 17.5. The van der Waals surface area contributed by atoms with Crippen LogP contribution in [0, 0.1) is 0 Å². The zero-order valence-corrected chi connectivity index (χ0v) is 17.0. The second kappa shape index (κ2) is 7.70. The molecule has 0 aliphatic heterocycles. The molecule has 0 atom stereocenters. The third kappa shape index (κ3) is 3.54. The molecule has 0 aromatic heterocycles. The van der Waals surface area contributed by atoms with Crippen molar-refractivity contribution in [2.75, 3.05) is 0 Å². The summed E-state index contributed by atoms with van der Waals surface area (Å²) >= 11 is -3.95. The van der Waals surface area contributed by atoms with Crippen LogP contribution in [0.2, 0.25) is 0 Å². The summed E-state index contributed by atoms with van der Waals surface area (Å²) in [7, 11) is 0. The monoisotopic (exact) mass is 436 g/mol. The standard InChI is InChI=1S/3C6H5.C4H6O2.Sn/c3*1-2-4-6-5-3-1;1-3(2)4(5)6;/h3*1-5H;1H2,2H3,(H,5,6);/q;;;;+1/p-1. The van der Waals surface area contributed by atoms with E-state index in [0.29, 0.717) is 5.57 Å². The van der Waals surface area contributed by atoms with Gasteiger partial charge in [-0.1, -0.05) is 0 Å². The molecule has 3 rings (SSSR count). The molecule has 25 heavy (non-hydrogen) atoms. The average molecular weight is 435 g/mol. The van der Waals surface area contributed by atoms with E-state index in [4.69, 9.17) is 3.07 Å². The van der Waals surface area contributed by atoms with E-state index in [-0.39, 0.29) is 5.97 Å². The summed E-state index contributed by atoms with van der Waals surface area (Å²) < 4.78 is 9.63. The van der Waals surface area contributed by atoms with E-state index in [1.165, 1.54) is 0 Å². The first-order valence-electron chi connectivity index (χ1n) is 8.20. The van der Waals surface area contributed by atoms with Gasteiger partial charge in [0.25, 0.3) is 0 Å². The van der Waals surface area contributed by atoms with Gasteiger partial charge in [0.15, 0.2) is 0 Å². The maximum absolute atomic E-state index is 12.6. The molecule has 3 aromatic rings. The molecule has 0 saturated heterocycles. The van der Waals surface area contributed by atoms with E-state index in [0.717, 1.165) is 10.7 Å². The Morgan fingerprint density at radius 1 is 0.720 bits per heavy atom. The Kier molecular flexibility index (Phi) is 5.39. The SMILES string of the molecule is C=C(C)C(=O)[O][Sn]([c]1ccccc1)([c]1ccccc1)[c]1ccccc1. The Hall–Kier alpha value is -2.33. The fourth-order valence-electron chi connectivity index (χ4n) is 2.92. The van der Waals surface area contributed by atoms with Gasteiger partial charge in [-0.25, -0.2) is 0 Å². The van der Waals surface area contributed by atoms with Gasteiger partial charge in [-0.2, -0.15) is 0 Å². The van der Waals surface area contributed by atoms with Crippen molar-refractivity contribution in [1.82, 2.24) is 0 Å². The van der Waals surface area contributed by atoms with Crippen LogP contribution in [-0.4, -0.2) is 24.8 Å². The summed E-state index contributed by atoms with van der Waals surface area (Å²) in [4.78, 5) is 12.6. The number of carbonyl (C=O) groups excluding carboxylic acids is 1. The molecule has 3 heteroatoms. The summed E-state index contributed by atoms with van der Waals surface area (Å²) in [5, 5.41) is 0. The summed E-state index contributed by atoms with van der Waals surface area (Å²) in [6.45, 7) is 5.47. The number of benzene rings is 3. The molecule has 0 spiro atoms. The number of carbonyl (C=O) groups is 1. The zero-order valence-electron chi connectivity index (χ0n) is 14.2. The van der Waals surface area contributed by atoms with Crippen LogP contribution in [0.3, 0.4) is 0 Å². The molecule has 124 valence electrons. The van der Waals surface area contributed by atoms with Crippen molar-refractivity contribution < 1.29 is 7.87 Å². The van der Waals surface area contributed by atoms with Crippen molar-refractivity contribution in [3.05, 3.63) is 103 Å². The van der Waals surface area contributed by atoms with E-state index in [1.807, 2.05) is 54.6 Å². The first-order valence-corrected chi connectivity index (χ1v) is 13.6. The van der Waals surface area contributed by atoms with Gasteiger partial charge in [0.05, 0.1) is 0 Å². The maximum atomic E-state index is 12.6. The van der Waals surface area contributed by atoms with E-state index in [9.17, 15) is 4.79 Å². The van der Waals surface area contributed by atoms with Gasteiger partial charge in [0.1, 0.15) is 0 Å². The molecule has 3 aromatic carbocycles. The van der Waals surface area contributed by atoms with Crippen LogP contribution in [0.15, 0.2) is 103 Å². The fraction of sp³-hybridized carbons (Fsp3) is 0.0455. The number of hydrogen-bond donors (Lipinski definition) is 0. The van der Waals surface area contributed by atoms with Crippen LogP contribution < -0.4 is 10.7 Å². The molecule has 0 amide bonds. The predicted molar refractivity (Wildman–Crippen MR) is 105 cm³/mol. The Bertz CT molecular complexity index is 762. The second-order valence-corrected chi connectivity index (χ2v) is 15.4. The van der Waals surface area contributed by atoms with Crippen molar-refractivity contribution in [3.8, 4) is 0 Å². The molecule has 0 N–H and O–H groups in total. The van der Waals surface area contributed by atoms with Crippen LogP contribution in [0.25, 0.3) is 0 Å². The Morgan fingerprint density at radius 2 is 1.04 bits per heavy atom. The van der Waals surface area contributed by atoms with E-state index < -0.39 is 18.8 Å². The number of hydrogen-bond acceptors (Lipinski definition) is 2. The molecule has 0 heterocycles. The molecular weight excluding hydrogens is 415 g/mol. The topological polar surface area (TPSA) is 26.3 Å². The summed E-state index contributed by atoms with van der Waals surface area (Å²) in [6, 6.07) is 30.4. The van der Waals surface area contributed by atoms with Gasteiger partial charge in [0, 0.05) is 0 Å². The summed E-state index contributed by atoms with van der Waals surface area (Å²) in [5.41, 5.74) is 0.420. The van der Waals surface area contributed by atoms with Gasteiger partial charge in [-0.05, 0) is 0 Å². The van der Waals surface area contributed by atoms with Crippen LogP contribution in [0.1, 0.15) is 6.92 Å². The van der Waals surface area contributed by atoms with Crippen LogP contribution in [0.5, 0.6) is 0 Å². The predicted octanol–water partition coefficient (Wildman–Crippen LogP) is 2.77. The third-order valence-corrected chi connectivity index (χ3v) is 15.4. The molecule has 0 saturated carbocycles. The quantitative estimate of drug-likeness (QED) is 0.456. The molecule has 2 nitrogen and oxygen atoms in total. The molecular formula is C22H20O2Sn. The third-order valence-electron chi connectivity index (χ3n) is 4.14. The molecule has 0 aliphatic carbocycles. The summed E-state index contributed by atoms with van der Waals surface area (Å²) in [5.74, 6) is -0.327. The Labute approximate surface area is 153 Å². The summed E-state index contributed by atoms with van der Waals surface area (Å²) in [6.07, 6.45) is 0. The first-order chi connectivity index (χ1) is 12.1. The minimum atomic E-state index is -3.95. The average Bonchev–Trinajstić information content (AvgIpc) is 2.68. The fourth-order valence-corrected chi connectivity index (χ4v) is 13.7. The molecule has 0 fully saturated rings. The van der Waals surface area contributed by atoms with E-state index in [2.05, 4.69) is 43.0 Å². The van der Waals surface area contributed by atoms with Crippen molar-refractivity contribution >= 4 is 35.5 Å². The van der Waals surface area contributed by atoms with Crippen molar-refractivity contribution in [2.45, 2.75) is 6.92 Å². The Balaban J connectivity index is 2.31. The van der Waals surface area contributed by atoms with Crippen molar-refractivity contribution in [2.24, 2.45) is 0 Å². The van der Waals surface area contributed by atoms with Gasteiger partial charge in [-0.3, -0.25) is 0 Å². The van der Waals surface area contributed by atoms with Gasteiger partial charge >= 0.3 is 153 Å². The Morgan fingerprint density at radius 3 is 1.32 bits per heavy atom. The second-order valence-electron chi connectivity index (χ2n) is 5.95. The van der Waals surface area contributed by atoms with Crippen molar-refractivity contribution in [3.63, 3.8) is 0 Å². The minimum absolute atomic E-state index is 0.327. The van der Waals surface area contributed by atoms with Crippen LogP contribution in [0.4, 0.5) is 0 Å². The zero-order chi connectivity index (χ0) is 17.7.